The van der Waals surface area contributed by atoms with E-state index in [4.69, 9.17) is 4.74 Å². The molecule has 2 N–H and O–H groups in total. The van der Waals surface area contributed by atoms with Gasteiger partial charge in [-0.15, -0.1) is 0 Å². The standard InChI is InChI=1S/C17H22BrNO4/c1-17(2,3)23-16(22)19-14(15(20)21)12-6-4-5-10-7-8-11(18)9-13(10)12/h7-9,12,14H,4-6H2,1-3H3,(H,19,22)(H,20,21)/t12?,14-/m0/s1. The van der Waals surface area contributed by atoms with Crippen molar-refractivity contribution in [2.75, 3.05) is 0 Å². The first kappa shape index (κ1) is 17.8. The molecular formula is C17H22BrNO4. The van der Waals surface area contributed by atoms with Crippen LogP contribution in [0.3, 0.4) is 0 Å². The van der Waals surface area contributed by atoms with Gasteiger partial charge in [0.05, 0.1) is 0 Å². The predicted octanol–water partition coefficient (Wildman–Crippen LogP) is 3.85. The van der Waals surface area contributed by atoms with Gasteiger partial charge in [-0.3, -0.25) is 0 Å². The molecule has 23 heavy (non-hydrogen) atoms. The Morgan fingerprint density at radius 3 is 2.70 bits per heavy atom. The van der Waals surface area contributed by atoms with Gasteiger partial charge in [0.2, 0.25) is 0 Å². The van der Waals surface area contributed by atoms with E-state index >= 15 is 0 Å². The summed E-state index contributed by atoms with van der Waals surface area (Å²) in [6.45, 7) is 5.24. The van der Waals surface area contributed by atoms with Crippen molar-refractivity contribution in [2.45, 2.75) is 57.6 Å². The second kappa shape index (κ2) is 6.91. The number of carbonyl (C=O) groups excluding carboxylic acids is 1. The van der Waals surface area contributed by atoms with Crippen LogP contribution in [0.25, 0.3) is 0 Å². The van der Waals surface area contributed by atoms with Gasteiger partial charge in [0.15, 0.2) is 0 Å². The van der Waals surface area contributed by atoms with Gasteiger partial charge >= 0.3 is 12.1 Å². The molecule has 0 radical (unpaired) electrons. The maximum Gasteiger partial charge on any atom is 0.408 e. The van der Waals surface area contributed by atoms with Gasteiger partial charge in [-0.05, 0) is 63.3 Å². The first-order chi connectivity index (χ1) is 10.7. The Balaban J connectivity index is 2.24. The molecule has 1 amide bonds. The third kappa shape index (κ3) is 4.70. The lowest BCUT2D eigenvalue weighted by Crippen LogP contribution is -2.47. The highest BCUT2D eigenvalue weighted by molar-refractivity contribution is 9.10. The average Bonchev–Trinajstić information content (AvgIpc) is 2.42. The second-order valence-electron chi connectivity index (χ2n) is 6.80. The van der Waals surface area contributed by atoms with E-state index in [0.717, 1.165) is 34.9 Å². The number of fused-ring (bicyclic) bond motifs is 1. The molecule has 0 fully saturated rings. The van der Waals surface area contributed by atoms with Gasteiger partial charge in [-0.1, -0.05) is 22.0 Å². The van der Waals surface area contributed by atoms with E-state index in [0.29, 0.717) is 0 Å². The van der Waals surface area contributed by atoms with Gasteiger partial charge in [0.1, 0.15) is 11.6 Å². The van der Waals surface area contributed by atoms with Crippen molar-refractivity contribution in [3.8, 4) is 0 Å². The van der Waals surface area contributed by atoms with E-state index in [9.17, 15) is 14.7 Å². The highest BCUT2D eigenvalue weighted by Gasteiger charge is 2.35. The largest absolute Gasteiger partial charge is 0.480 e. The predicted molar refractivity (Wildman–Crippen MR) is 90.6 cm³/mol. The maximum atomic E-state index is 12.0. The topological polar surface area (TPSA) is 75.6 Å². The van der Waals surface area contributed by atoms with E-state index in [1.807, 2.05) is 18.2 Å². The monoisotopic (exact) mass is 383 g/mol. The molecule has 2 atom stereocenters. The average molecular weight is 384 g/mol. The van der Waals surface area contributed by atoms with E-state index in [1.54, 1.807) is 20.8 Å². The van der Waals surface area contributed by atoms with Crippen molar-refractivity contribution in [2.24, 2.45) is 0 Å². The third-order valence-corrected chi connectivity index (χ3v) is 4.30. The van der Waals surface area contributed by atoms with Crippen LogP contribution in [0.2, 0.25) is 0 Å². The molecule has 1 aliphatic rings. The summed E-state index contributed by atoms with van der Waals surface area (Å²) >= 11 is 3.44. The Hall–Kier alpha value is -1.56. The molecule has 0 aliphatic heterocycles. The normalized spacial score (nSPS) is 18.7. The van der Waals surface area contributed by atoms with E-state index < -0.39 is 23.7 Å². The molecule has 2 rings (SSSR count). The number of hydrogen-bond donors (Lipinski definition) is 2. The minimum absolute atomic E-state index is 0.263. The molecule has 1 aromatic rings. The quantitative estimate of drug-likeness (QED) is 0.830. The molecule has 1 aromatic carbocycles. The number of hydrogen-bond acceptors (Lipinski definition) is 3. The van der Waals surface area contributed by atoms with Crippen LogP contribution in [0.1, 0.15) is 50.7 Å². The summed E-state index contributed by atoms with van der Waals surface area (Å²) in [6.07, 6.45) is 1.85. The number of aliphatic carboxylic acids is 1. The number of benzene rings is 1. The zero-order valence-electron chi connectivity index (χ0n) is 13.6. The second-order valence-corrected chi connectivity index (χ2v) is 7.72. The smallest absolute Gasteiger partial charge is 0.408 e. The lowest BCUT2D eigenvalue weighted by molar-refractivity contribution is -0.140. The number of halogens is 1. The summed E-state index contributed by atoms with van der Waals surface area (Å²) in [5.74, 6) is -1.31. The van der Waals surface area contributed by atoms with E-state index in [1.165, 1.54) is 0 Å². The Labute approximate surface area is 144 Å². The molecule has 126 valence electrons. The lowest BCUT2D eigenvalue weighted by atomic mass is 9.79. The number of alkyl carbamates (subject to hydrolysis) is 1. The molecule has 0 saturated carbocycles. The first-order valence-electron chi connectivity index (χ1n) is 7.68. The van der Waals surface area contributed by atoms with Crippen LogP contribution in [0.15, 0.2) is 22.7 Å². The lowest BCUT2D eigenvalue weighted by Gasteiger charge is -2.31. The van der Waals surface area contributed by atoms with Crippen molar-refractivity contribution in [1.82, 2.24) is 5.32 Å². The number of amides is 1. The van der Waals surface area contributed by atoms with Crippen LogP contribution in [0, 0.1) is 0 Å². The number of aryl methyl sites for hydroxylation is 1. The minimum Gasteiger partial charge on any atom is -0.480 e. The van der Waals surface area contributed by atoms with Crippen LogP contribution in [-0.4, -0.2) is 28.8 Å². The Kier molecular flexibility index (Phi) is 5.34. The van der Waals surface area contributed by atoms with Crippen molar-refractivity contribution in [3.63, 3.8) is 0 Å². The highest BCUT2D eigenvalue weighted by atomic mass is 79.9. The summed E-state index contributed by atoms with van der Waals surface area (Å²) in [6, 6.07) is 4.92. The van der Waals surface area contributed by atoms with Crippen LogP contribution in [0.4, 0.5) is 4.79 Å². The van der Waals surface area contributed by atoms with Crippen molar-refractivity contribution >= 4 is 28.0 Å². The van der Waals surface area contributed by atoms with Crippen LogP contribution in [-0.2, 0) is 16.0 Å². The van der Waals surface area contributed by atoms with E-state index in [-0.39, 0.29) is 5.92 Å². The molecule has 0 spiro atoms. The summed E-state index contributed by atoms with van der Waals surface area (Å²) in [4.78, 5) is 23.7. The van der Waals surface area contributed by atoms with Gasteiger partial charge in [-0.25, -0.2) is 9.59 Å². The fourth-order valence-electron chi connectivity index (χ4n) is 2.92. The van der Waals surface area contributed by atoms with Crippen LogP contribution >= 0.6 is 15.9 Å². The number of carboxylic acids is 1. The van der Waals surface area contributed by atoms with Crippen LogP contribution in [0.5, 0.6) is 0 Å². The molecule has 5 nitrogen and oxygen atoms in total. The van der Waals surface area contributed by atoms with Gasteiger partial charge in [0.25, 0.3) is 0 Å². The molecule has 0 bridgehead atoms. The molecular weight excluding hydrogens is 362 g/mol. The summed E-state index contributed by atoms with van der Waals surface area (Å²) < 4.78 is 6.11. The van der Waals surface area contributed by atoms with Gasteiger partial charge in [0, 0.05) is 10.4 Å². The number of ether oxygens (including phenoxy) is 1. The minimum atomic E-state index is -1.05. The van der Waals surface area contributed by atoms with Gasteiger partial charge in [-0.2, -0.15) is 0 Å². The molecule has 1 unspecified atom stereocenters. The molecule has 6 heteroatoms. The van der Waals surface area contributed by atoms with Crippen molar-refractivity contribution in [3.05, 3.63) is 33.8 Å². The van der Waals surface area contributed by atoms with Crippen molar-refractivity contribution in [1.29, 1.82) is 0 Å². The summed E-state index contributed by atoms with van der Waals surface area (Å²) in [7, 11) is 0. The number of nitrogens with one attached hydrogen (secondary N) is 1. The molecule has 0 aromatic heterocycles. The zero-order chi connectivity index (χ0) is 17.2. The number of rotatable bonds is 3. The SMILES string of the molecule is CC(C)(C)OC(=O)N[C@H](C(=O)O)C1CCCc2ccc(Br)cc21. The fraction of sp³-hybridized carbons (Fsp3) is 0.529. The molecule has 0 heterocycles. The Morgan fingerprint density at radius 1 is 1.39 bits per heavy atom. The Bertz CT molecular complexity index is 609. The number of carbonyl (C=O) groups is 2. The maximum absolute atomic E-state index is 12.0. The first-order valence-corrected chi connectivity index (χ1v) is 8.47. The van der Waals surface area contributed by atoms with Crippen LogP contribution < -0.4 is 5.32 Å². The molecule has 1 aliphatic carbocycles. The van der Waals surface area contributed by atoms with Crippen molar-refractivity contribution < 1.29 is 19.4 Å². The van der Waals surface area contributed by atoms with Gasteiger partial charge < -0.3 is 15.2 Å². The third-order valence-electron chi connectivity index (χ3n) is 3.81. The Morgan fingerprint density at radius 2 is 2.09 bits per heavy atom. The fourth-order valence-corrected chi connectivity index (χ4v) is 3.30. The zero-order valence-corrected chi connectivity index (χ0v) is 15.1. The highest BCUT2D eigenvalue weighted by Crippen LogP contribution is 2.36. The summed E-state index contributed by atoms with van der Waals surface area (Å²) in [5, 5.41) is 12.1. The molecule has 0 saturated heterocycles. The summed E-state index contributed by atoms with van der Waals surface area (Å²) in [5.41, 5.74) is 1.46. The number of carboxylic acid groups (broad SMARTS) is 1. The van der Waals surface area contributed by atoms with E-state index in [2.05, 4.69) is 21.2 Å².